The molecule has 0 amide bonds. The minimum atomic E-state index is 0.365. The predicted octanol–water partition coefficient (Wildman–Crippen LogP) is 1.07. The minimum absolute atomic E-state index is 0.365. The van der Waals surface area contributed by atoms with Gasteiger partial charge in [-0.25, -0.2) is 9.97 Å². The van der Waals surface area contributed by atoms with Crippen LogP contribution in [0.1, 0.15) is 18.7 Å². The van der Waals surface area contributed by atoms with Crippen LogP contribution in [0.25, 0.3) is 0 Å². The summed E-state index contributed by atoms with van der Waals surface area (Å²) in [6.45, 7) is 2.74. The van der Waals surface area contributed by atoms with Crippen molar-refractivity contribution in [1.29, 1.82) is 0 Å². The molecule has 2 rings (SSSR count). The normalized spacial score (nSPS) is 14.6. The molecule has 0 saturated heterocycles. The Morgan fingerprint density at radius 1 is 1.42 bits per heavy atom. The van der Waals surface area contributed by atoms with E-state index in [1.807, 2.05) is 11.9 Å². The molecular formula is C13H22N4O2. The van der Waals surface area contributed by atoms with Crippen LogP contribution < -0.4 is 10.6 Å². The van der Waals surface area contributed by atoms with Crippen LogP contribution in [0.4, 0.5) is 11.6 Å². The molecule has 0 aliphatic heterocycles. The summed E-state index contributed by atoms with van der Waals surface area (Å²) in [5, 5.41) is 0. The molecule has 19 heavy (non-hydrogen) atoms. The van der Waals surface area contributed by atoms with Crippen molar-refractivity contribution in [2.75, 3.05) is 44.5 Å². The average Bonchev–Trinajstić information content (AvgIpc) is 3.18. The van der Waals surface area contributed by atoms with Crippen molar-refractivity contribution < 1.29 is 9.47 Å². The molecule has 0 unspecified atom stereocenters. The molecule has 0 aromatic carbocycles. The summed E-state index contributed by atoms with van der Waals surface area (Å²) in [5.74, 6) is 2.66. The molecule has 1 aromatic rings. The van der Waals surface area contributed by atoms with Crippen LogP contribution in [0.5, 0.6) is 0 Å². The van der Waals surface area contributed by atoms with E-state index in [2.05, 4.69) is 9.97 Å². The van der Waals surface area contributed by atoms with E-state index in [1.165, 1.54) is 12.8 Å². The van der Waals surface area contributed by atoms with Gasteiger partial charge in [0.1, 0.15) is 18.2 Å². The molecule has 1 heterocycles. The van der Waals surface area contributed by atoms with Gasteiger partial charge in [0.15, 0.2) is 5.82 Å². The van der Waals surface area contributed by atoms with E-state index in [9.17, 15) is 0 Å². The second kappa shape index (κ2) is 6.68. The standard InChI is InChI=1S/C13H22N4O2/c1-17(5-6-19-8-10-3-4-10)13-7-11(14)15-12(16-13)9-18-2/h7,10H,3-6,8-9H2,1-2H3,(H2,14,15,16). The lowest BCUT2D eigenvalue weighted by Gasteiger charge is -2.19. The van der Waals surface area contributed by atoms with E-state index in [1.54, 1.807) is 13.2 Å². The van der Waals surface area contributed by atoms with Gasteiger partial charge >= 0.3 is 0 Å². The fourth-order valence-electron chi connectivity index (χ4n) is 1.74. The lowest BCUT2D eigenvalue weighted by atomic mass is 10.4. The Hall–Kier alpha value is -1.40. The summed E-state index contributed by atoms with van der Waals surface area (Å²) in [5.41, 5.74) is 5.77. The zero-order valence-corrected chi connectivity index (χ0v) is 11.6. The zero-order valence-electron chi connectivity index (χ0n) is 11.6. The number of methoxy groups -OCH3 is 1. The molecule has 106 valence electrons. The minimum Gasteiger partial charge on any atom is -0.384 e. The van der Waals surface area contributed by atoms with E-state index in [4.69, 9.17) is 15.2 Å². The van der Waals surface area contributed by atoms with Crippen LogP contribution in [0.3, 0.4) is 0 Å². The van der Waals surface area contributed by atoms with Gasteiger partial charge < -0.3 is 20.1 Å². The number of hydrogen-bond acceptors (Lipinski definition) is 6. The van der Waals surface area contributed by atoms with Gasteiger partial charge in [-0.2, -0.15) is 0 Å². The van der Waals surface area contributed by atoms with Gasteiger partial charge in [-0.3, -0.25) is 0 Å². The molecule has 0 atom stereocenters. The molecule has 0 spiro atoms. The molecule has 1 aliphatic carbocycles. The summed E-state index contributed by atoms with van der Waals surface area (Å²) in [6.07, 6.45) is 2.64. The molecule has 1 saturated carbocycles. The average molecular weight is 266 g/mol. The molecule has 1 fully saturated rings. The number of ether oxygens (including phenoxy) is 2. The van der Waals surface area contributed by atoms with Gasteiger partial charge in [0.25, 0.3) is 0 Å². The number of rotatable bonds is 8. The Morgan fingerprint density at radius 2 is 2.21 bits per heavy atom. The van der Waals surface area contributed by atoms with Crippen molar-refractivity contribution in [2.24, 2.45) is 5.92 Å². The fraction of sp³-hybridized carbons (Fsp3) is 0.692. The first-order chi connectivity index (χ1) is 9.19. The number of anilines is 2. The Labute approximate surface area is 113 Å². The molecular weight excluding hydrogens is 244 g/mol. The molecule has 1 aliphatic rings. The first-order valence-electron chi connectivity index (χ1n) is 6.60. The van der Waals surface area contributed by atoms with Crippen molar-refractivity contribution >= 4 is 11.6 Å². The summed E-state index contributed by atoms with van der Waals surface area (Å²) in [6, 6.07) is 1.76. The second-order valence-electron chi connectivity index (χ2n) is 4.94. The Kier molecular flexibility index (Phi) is 4.93. The Balaban J connectivity index is 1.83. The number of nitrogens with two attached hydrogens (primary N) is 1. The zero-order chi connectivity index (χ0) is 13.7. The highest BCUT2D eigenvalue weighted by Crippen LogP contribution is 2.28. The van der Waals surface area contributed by atoms with Crippen LogP contribution in [-0.4, -0.2) is 43.9 Å². The maximum absolute atomic E-state index is 5.77. The third-order valence-corrected chi connectivity index (χ3v) is 3.06. The van der Waals surface area contributed by atoms with Crippen molar-refractivity contribution in [2.45, 2.75) is 19.4 Å². The summed E-state index contributed by atoms with van der Waals surface area (Å²) in [7, 11) is 3.58. The summed E-state index contributed by atoms with van der Waals surface area (Å²) in [4.78, 5) is 10.5. The lowest BCUT2D eigenvalue weighted by Crippen LogP contribution is -2.24. The maximum atomic E-state index is 5.77. The van der Waals surface area contributed by atoms with Crippen LogP contribution >= 0.6 is 0 Å². The Bertz CT molecular complexity index is 410. The highest BCUT2D eigenvalue weighted by Gasteiger charge is 2.21. The fourth-order valence-corrected chi connectivity index (χ4v) is 1.74. The van der Waals surface area contributed by atoms with E-state index in [-0.39, 0.29) is 0 Å². The SMILES string of the molecule is COCc1nc(N)cc(N(C)CCOCC2CC2)n1. The molecule has 1 aromatic heterocycles. The van der Waals surface area contributed by atoms with Gasteiger partial charge in [0.05, 0.1) is 6.61 Å². The predicted molar refractivity (Wildman–Crippen MR) is 74.0 cm³/mol. The molecule has 0 radical (unpaired) electrons. The smallest absolute Gasteiger partial charge is 0.158 e. The van der Waals surface area contributed by atoms with E-state index >= 15 is 0 Å². The van der Waals surface area contributed by atoms with Gasteiger partial charge in [0.2, 0.25) is 0 Å². The molecule has 6 nitrogen and oxygen atoms in total. The monoisotopic (exact) mass is 266 g/mol. The van der Waals surface area contributed by atoms with Gasteiger partial charge in [-0.15, -0.1) is 0 Å². The number of aromatic nitrogens is 2. The van der Waals surface area contributed by atoms with Crippen molar-refractivity contribution in [3.8, 4) is 0 Å². The first-order valence-corrected chi connectivity index (χ1v) is 6.60. The molecule has 2 N–H and O–H groups in total. The van der Waals surface area contributed by atoms with E-state index in [0.29, 0.717) is 24.9 Å². The number of nitrogens with zero attached hydrogens (tertiary/aromatic N) is 3. The van der Waals surface area contributed by atoms with Crippen LogP contribution in [0, 0.1) is 5.92 Å². The van der Waals surface area contributed by atoms with Crippen LogP contribution in [0.15, 0.2) is 6.07 Å². The van der Waals surface area contributed by atoms with E-state index < -0.39 is 0 Å². The van der Waals surface area contributed by atoms with Crippen LogP contribution in [-0.2, 0) is 16.1 Å². The van der Waals surface area contributed by atoms with Gasteiger partial charge in [-0.1, -0.05) is 0 Å². The second-order valence-corrected chi connectivity index (χ2v) is 4.94. The largest absolute Gasteiger partial charge is 0.384 e. The van der Waals surface area contributed by atoms with Gasteiger partial charge in [0, 0.05) is 33.4 Å². The van der Waals surface area contributed by atoms with Crippen molar-refractivity contribution in [3.63, 3.8) is 0 Å². The summed E-state index contributed by atoms with van der Waals surface area (Å²) >= 11 is 0. The first kappa shape index (κ1) is 14.0. The third-order valence-electron chi connectivity index (χ3n) is 3.06. The maximum Gasteiger partial charge on any atom is 0.158 e. The van der Waals surface area contributed by atoms with E-state index in [0.717, 1.165) is 24.9 Å². The van der Waals surface area contributed by atoms with Crippen LogP contribution in [0.2, 0.25) is 0 Å². The van der Waals surface area contributed by atoms with Crippen molar-refractivity contribution in [3.05, 3.63) is 11.9 Å². The highest BCUT2D eigenvalue weighted by molar-refractivity contribution is 5.46. The van der Waals surface area contributed by atoms with Crippen molar-refractivity contribution in [1.82, 2.24) is 9.97 Å². The Morgan fingerprint density at radius 3 is 2.89 bits per heavy atom. The quantitative estimate of drug-likeness (QED) is 0.709. The lowest BCUT2D eigenvalue weighted by molar-refractivity contribution is 0.130. The topological polar surface area (TPSA) is 73.5 Å². The van der Waals surface area contributed by atoms with Gasteiger partial charge in [-0.05, 0) is 18.8 Å². The molecule has 0 bridgehead atoms. The summed E-state index contributed by atoms with van der Waals surface area (Å²) < 4.78 is 10.6. The number of hydrogen-bond donors (Lipinski definition) is 1. The number of nitrogen functional groups attached to an aromatic ring is 1. The highest BCUT2D eigenvalue weighted by atomic mass is 16.5. The number of likely N-dealkylation sites (N-methyl/N-ethyl adjacent to an activating group) is 1. The molecule has 6 heteroatoms. The third kappa shape index (κ3) is 4.65.